The third-order valence-corrected chi connectivity index (χ3v) is 6.97. The number of hydrogen-bond acceptors (Lipinski definition) is 8. The molecule has 0 saturated carbocycles. The lowest BCUT2D eigenvalue weighted by Gasteiger charge is -2.24. The quantitative estimate of drug-likeness (QED) is 0.319. The first-order valence-electron chi connectivity index (χ1n) is 12.4. The molecule has 12 nitrogen and oxygen atoms in total. The number of carbonyl (C=O) groups excluding carboxylic acids is 2. The molecule has 0 spiro atoms. The van der Waals surface area contributed by atoms with Crippen molar-refractivity contribution in [2.24, 2.45) is 0 Å². The summed E-state index contributed by atoms with van der Waals surface area (Å²) >= 11 is 0. The molecule has 0 unspecified atom stereocenters. The average Bonchev–Trinajstić information content (AvgIpc) is 3.70. The molecule has 3 N–H and O–H groups in total. The fourth-order valence-corrected chi connectivity index (χ4v) is 5.10. The van der Waals surface area contributed by atoms with E-state index in [0.29, 0.717) is 46.4 Å². The van der Waals surface area contributed by atoms with Gasteiger partial charge in [-0.05, 0) is 42.3 Å². The molecule has 2 aliphatic heterocycles. The number of rotatable bonds is 5. The number of amides is 2. The molecule has 0 radical (unpaired) electrons. The van der Waals surface area contributed by atoms with E-state index in [1.165, 1.54) is 6.33 Å². The Balaban J connectivity index is 1.14. The third kappa shape index (κ3) is 3.93. The van der Waals surface area contributed by atoms with Gasteiger partial charge in [0.1, 0.15) is 17.7 Å². The van der Waals surface area contributed by atoms with Crippen LogP contribution in [-0.4, -0.2) is 48.3 Å². The number of H-pyrrole nitrogens is 1. The summed E-state index contributed by atoms with van der Waals surface area (Å²) in [5.74, 6) is 1.88. The zero-order chi connectivity index (χ0) is 26.5. The monoisotopic (exact) mass is 522 g/mol. The number of anilines is 1. The van der Waals surface area contributed by atoms with Crippen LogP contribution < -0.4 is 20.1 Å². The minimum absolute atomic E-state index is 0.130. The fraction of sp³-hybridized carbons (Fsp3) is 0.185. The number of hydrogen-bond donors (Lipinski definition) is 3. The first kappa shape index (κ1) is 22.9. The van der Waals surface area contributed by atoms with Crippen molar-refractivity contribution >= 4 is 28.8 Å². The molecule has 7 rings (SSSR count). The maximum atomic E-state index is 12.8. The highest BCUT2D eigenvalue weighted by atomic mass is 16.7. The van der Waals surface area contributed by atoms with Gasteiger partial charge < -0.3 is 25.1 Å². The molecule has 5 aromatic rings. The van der Waals surface area contributed by atoms with E-state index in [1.807, 2.05) is 37.3 Å². The number of aryl methyl sites for hydroxylation is 1. The second-order valence-corrected chi connectivity index (χ2v) is 9.36. The Hall–Kier alpha value is -5.26. The van der Waals surface area contributed by atoms with Gasteiger partial charge >= 0.3 is 0 Å². The number of ether oxygens (including phenoxy) is 2. The lowest BCUT2D eigenvalue weighted by atomic mass is 9.85. The van der Waals surface area contributed by atoms with Crippen LogP contribution in [0.4, 0.5) is 5.82 Å². The van der Waals surface area contributed by atoms with Crippen molar-refractivity contribution in [3.8, 4) is 17.3 Å². The van der Waals surface area contributed by atoms with Crippen molar-refractivity contribution in [1.82, 2.24) is 35.0 Å². The van der Waals surface area contributed by atoms with Crippen LogP contribution in [0.15, 0.2) is 55.1 Å². The molecule has 1 atom stereocenters. The van der Waals surface area contributed by atoms with Gasteiger partial charge in [0, 0.05) is 30.0 Å². The van der Waals surface area contributed by atoms with Gasteiger partial charge in [-0.3, -0.25) is 9.59 Å². The van der Waals surface area contributed by atoms with Gasteiger partial charge in [-0.15, -0.1) is 0 Å². The second-order valence-electron chi connectivity index (χ2n) is 9.36. The number of carbonyl (C=O) groups is 2. The summed E-state index contributed by atoms with van der Waals surface area (Å²) in [4.78, 5) is 41.4. The molecule has 0 fully saturated rings. The van der Waals surface area contributed by atoms with Crippen molar-refractivity contribution in [3.05, 3.63) is 83.1 Å². The molecule has 5 heterocycles. The lowest BCUT2D eigenvalue weighted by molar-refractivity contribution is -0.116. The normalized spacial score (nSPS) is 15.7. The van der Waals surface area contributed by atoms with E-state index >= 15 is 0 Å². The number of nitrogens with zero attached hydrogens (tertiary/aromatic N) is 5. The Labute approximate surface area is 221 Å². The number of fused-ring (bicyclic) bond motifs is 3. The SMILES string of the molecule is Cc1nn(-c2ncnc3nc[nH]c23)c2c1[C@@H](c1ccc(C(=O)NCc3ccc4c(c3)OCO4)cc1)CC(=O)N2. The van der Waals surface area contributed by atoms with Gasteiger partial charge in [0.15, 0.2) is 23.0 Å². The average molecular weight is 523 g/mol. The molecule has 2 amide bonds. The van der Waals surface area contributed by atoms with Crippen LogP contribution in [0.1, 0.15) is 45.1 Å². The summed E-state index contributed by atoms with van der Waals surface area (Å²) in [6.07, 6.45) is 3.22. The molecular weight excluding hydrogens is 500 g/mol. The van der Waals surface area contributed by atoms with Gasteiger partial charge in [0.2, 0.25) is 12.7 Å². The Morgan fingerprint density at radius 2 is 1.95 bits per heavy atom. The smallest absolute Gasteiger partial charge is 0.251 e. The summed E-state index contributed by atoms with van der Waals surface area (Å²) in [6.45, 7) is 2.47. The number of imidazole rings is 1. The number of nitrogens with one attached hydrogen (secondary N) is 3. The molecule has 3 aromatic heterocycles. The van der Waals surface area contributed by atoms with Crippen LogP contribution in [0.2, 0.25) is 0 Å². The summed E-state index contributed by atoms with van der Waals surface area (Å²) in [5, 5.41) is 10.6. The van der Waals surface area contributed by atoms with E-state index in [2.05, 4.69) is 30.6 Å². The molecule has 39 heavy (non-hydrogen) atoms. The summed E-state index contributed by atoms with van der Waals surface area (Å²) in [7, 11) is 0. The van der Waals surface area contributed by atoms with E-state index in [-0.39, 0.29) is 30.9 Å². The Kier molecular flexibility index (Phi) is 5.25. The van der Waals surface area contributed by atoms with Gasteiger partial charge in [0.25, 0.3) is 5.91 Å². The zero-order valence-electron chi connectivity index (χ0n) is 20.8. The minimum Gasteiger partial charge on any atom is -0.454 e. The van der Waals surface area contributed by atoms with E-state index in [0.717, 1.165) is 22.4 Å². The van der Waals surface area contributed by atoms with Gasteiger partial charge in [0.05, 0.1) is 12.0 Å². The predicted molar refractivity (Wildman–Crippen MR) is 139 cm³/mol. The van der Waals surface area contributed by atoms with Crippen LogP contribution in [0, 0.1) is 6.92 Å². The molecule has 0 saturated heterocycles. The molecular formula is C27H22N8O4. The first-order valence-corrected chi connectivity index (χ1v) is 12.4. The maximum absolute atomic E-state index is 12.8. The molecule has 2 aromatic carbocycles. The molecule has 0 bridgehead atoms. The predicted octanol–water partition coefficient (Wildman–Crippen LogP) is 2.98. The van der Waals surface area contributed by atoms with Crippen molar-refractivity contribution in [3.63, 3.8) is 0 Å². The van der Waals surface area contributed by atoms with E-state index in [9.17, 15) is 9.59 Å². The molecule has 2 aliphatic rings. The largest absolute Gasteiger partial charge is 0.454 e. The lowest BCUT2D eigenvalue weighted by Crippen LogP contribution is -2.25. The first-order chi connectivity index (χ1) is 19.0. The summed E-state index contributed by atoms with van der Waals surface area (Å²) in [5.41, 5.74) is 5.15. The highest BCUT2D eigenvalue weighted by molar-refractivity contribution is 5.96. The Morgan fingerprint density at radius 1 is 1.10 bits per heavy atom. The molecule has 12 heteroatoms. The Morgan fingerprint density at radius 3 is 2.82 bits per heavy atom. The van der Waals surface area contributed by atoms with Crippen molar-refractivity contribution in [2.45, 2.75) is 25.8 Å². The standard InChI is InChI=1S/C27H22N8O4/c1-14-22-18(9-21(36)33-25(22)35(34-14)26-23-24(30-11-29-23)31-12-32-26)16-3-5-17(6-4-16)27(37)28-10-15-2-7-19-20(8-15)39-13-38-19/h2-8,11-12,18H,9-10,13H2,1H3,(H,28,37)(H,33,36)(H,29,30,31,32)/t18-/m1/s1. The maximum Gasteiger partial charge on any atom is 0.251 e. The fourth-order valence-electron chi connectivity index (χ4n) is 5.10. The number of aromatic amines is 1. The van der Waals surface area contributed by atoms with Crippen LogP contribution in [0.5, 0.6) is 11.5 Å². The van der Waals surface area contributed by atoms with Gasteiger partial charge in [-0.25, -0.2) is 15.0 Å². The van der Waals surface area contributed by atoms with Crippen molar-refractivity contribution in [1.29, 1.82) is 0 Å². The van der Waals surface area contributed by atoms with Crippen LogP contribution >= 0.6 is 0 Å². The summed E-state index contributed by atoms with van der Waals surface area (Å²) in [6, 6.07) is 12.9. The van der Waals surface area contributed by atoms with Crippen molar-refractivity contribution < 1.29 is 19.1 Å². The van der Waals surface area contributed by atoms with Crippen molar-refractivity contribution in [2.75, 3.05) is 12.1 Å². The van der Waals surface area contributed by atoms with Gasteiger partial charge in [-0.1, -0.05) is 18.2 Å². The highest BCUT2D eigenvalue weighted by Gasteiger charge is 2.33. The van der Waals surface area contributed by atoms with Crippen LogP contribution in [-0.2, 0) is 11.3 Å². The van der Waals surface area contributed by atoms with Gasteiger partial charge in [-0.2, -0.15) is 9.78 Å². The van der Waals surface area contributed by atoms with E-state index < -0.39 is 0 Å². The minimum atomic E-state index is -0.229. The molecule has 0 aliphatic carbocycles. The number of benzene rings is 2. The number of aromatic nitrogens is 6. The Bertz CT molecular complexity index is 1760. The molecule has 194 valence electrons. The summed E-state index contributed by atoms with van der Waals surface area (Å²) < 4.78 is 12.4. The van der Waals surface area contributed by atoms with Crippen LogP contribution in [0.3, 0.4) is 0 Å². The second kappa shape index (κ2) is 8.94. The zero-order valence-corrected chi connectivity index (χ0v) is 20.8. The highest BCUT2D eigenvalue weighted by Crippen LogP contribution is 2.40. The van der Waals surface area contributed by atoms with E-state index in [4.69, 9.17) is 14.6 Å². The topological polar surface area (TPSA) is 149 Å². The third-order valence-electron chi connectivity index (χ3n) is 6.97. The van der Waals surface area contributed by atoms with E-state index in [1.54, 1.807) is 23.1 Å². The van der Waals surface area contributed by atoms with Crippen LogP contribution in [0.25, 0.3) is 17.0 Å².